The van der Waals surface area contributed by atoms with Crippen LogP contribution < -0.4 is 5.73 Å². The monoisotopic (exact) mass is 418 g/mol. The zero-order chi connectivity index (χ0) is 19.7. The Balaban J connectivity index is 1.73. The van der Waals surface area contributed by atoms with Crippen molar-refractivity contribution < 1.29 is 9.53 Å². The number of halogens is 2. The van der Waals surface area contributed by atoms with Crippen LogP contribution in [0.25, 0.3) is 16.8 Å². The molecule has 0 atom stereocenters. The molecule has 0 bridgehead atoms. The number of benzene rings is 1. The summed E-state index contributed by atoms with van der Waals surface area (Å²) in [6.07, 6.45) is 3.66. The molecule has 0 spiro atoms. The number of hydrogen-bond donors (Lipinski definition) is 1. The van der Waals surface area contributed by atoms with Gasteiger partial charge in [-0.05, 0) is 36.6 Å². The van der Waals surface area contributed by atoms with Crippen molar-refractivity contribution in [3.8, 4) is 11.1 Å². The molecule has 1 aromatic carbocycles. The van der Waals surface area contributed by atoms with Crippen LogP contribution in [0.4, 0.5) is 0 Å². The summed E-state index contributed by atoms with van der Waals surface area (Å²) in [7, 11) is 0. The Morgan fingerprint density at radius 3 is 2.68 bits per heavy atom. The van der Waals surface area contributed by atoms with Crippen LogP contribution in [0.2, 0.25) is 10.0 Å². The van der Waals surface area contributed by atoms with E-state index in [4.69, 9.17) is 33.7 Å². The van der Waals surface area contributed by atoms with E-state index in [9.17, 15) is 4.79 Å². The van der Waals surface area contributed by atoms with Gasteiger partial charge in [-0.15, -0.1) is 10.2 Å². The Kier molecular flexibility index (Phi) is 5.64. The molecule has 6 nitrogen and oxygen atoms in total. The lowest BCUT2D eigenvalue weighted by atomic mass is 9.93. The topological polar surface area (TPSA) is 82.5 Å². The van der Waals surface area contributed by atoms with Crippen LogP contribution in [0, 0.1) is 5.92 Å². The zero-order valence-corrected chi connectivity index (χ0v) is 16.7. The molecule has 8 heteroatoms. The number of rotatable bonds is 5. The van der Waals surface area contributed by atoms with Crippen LogP contribution in [0.3, 0.4) is 0 Å². The minimum absolute atomic E-state index is 0.0228. The lowest BCUT2D eigenvalue weighted by molar-refractivity contribution is -0.125. The van der Waals surface area contributed by atoms with E-state index < -0.39 is 0 Å². The molecular formula is C20H20Cl2N4O2. The molecule has 2 N–H and O–H groups in total. The summed E-state index contributed by atoms with van der Waals surface area (Å²) in [4.78, 5) is 12.7. The number of ether oxygens (including phenoxy) is 1. The number of aromatic nitrogens is 3. The number of Topliss-reactive ketones (excluding diaryl/α,β-unsaturated/α-hetero) is 1. The van der Waals surface area contributed by atoms with Crippen LogP contribution in [-0.2, 0) is 22.5 Å². The van der Waals surface area contributed by atoms with Gasteiger partial charge in [0.05, 0.1) is 6.42 Å². The highest BCUT2D eigenvalue weighted by molar-refractivity contribution is 6.36. The predicted molar refractivity (Wildman–Crippen MR) is 109 cm³/mol. The van der Waals surface area contributed by atoms with Crippen LogP contribution in [0.1, 0.15) is 24.2 Å². The SMILES string of the molecule is NCc1cc2nnc(CC(=O)C3CCOCC3)n2cc1-c1ccc(Cl)cc1Cl. The molecule has 2 aromatic heterocycles. The van der Waals surface area contributed by atoms with Gasteiger partial charge < -0.3 is 10.5 Å². The summed E-state index contributed by atoms with van der Waals surface area (Å²) in [5.41, 5.74) is 9.20. The lowest BCUT2D eigenvalue weighted by Gasteiger charge is -2.20. The molecule has 3 aromatic rings. The summed E-state index contributed by atoms with van der Waals surface area (Å²) in [6.45, 7) is 1.60. The first kappa shape index (κ1) is 19.3. The second kappa shape index (κ2) is 8.17. The van der Waals surface area contributed by atoms with E-state index in [-0.39, 0.29) is 18.1 Å². The number of fused-ring (bicyclic) bond motifs is 1. The van der Waals surface area contributed by atoms with Gasteiger partial charge in [-0.3, -0.25) is 9.20 Å². The van der Waals surface area contributed by atoms with Crippen molar-refractivity contribution in [2.24, 2.45) is 11.7 Å². The zero-order valence-electron chi connectivity index (χ0n) is 15.2. The molecule has 1 saturated heterocycles. The molecule has 0 unspecified atom stereocenters. The van der Waals surface area contributed by atoms with E-state index in [0.717, 1.165) is 29.5 Å². The maximum absolute atomic E-state index is 12.7. The maximum atomic E-state index is 12.7. The number of ketones is 1. The second-order valence-corrected chi connectivity index (χ2v) is 7.76. The van der Waals surface area contributed by atoms with Crippen molar-refractivity contribution in [3.63, 3.8) is 0 Å². The molecule has 0 saturated carbocycles. The Hall–Kier alpha value is -1.99. The highest BCUT2D eigenvalue weighted by Gasteiger charge is 2.23. The molecule has 0 radical (unpaired) electrons. The van der Waals surface area contributed by atoms with Crippen molar-refractivity contribution in [2.75, 3.05) is 13.2 Å². The number of nitrogens with zero attached hydrogens (tertiary/aromatic N) is 3. The fraction of sp³-hybridized carbons (Fsp3) is 0.350. The van der Waals surface area contributed by atoms with Gasteiger partial charge in [-0.1, -0.05) is 29.3 Å². The first-order valence-corrected chi connectivity index (χ1v) is 9.95. The highest BCUT2D eigenvalue weighted by atomic mass is 35.5. The molecule has 28 heavy (non-hydrogen) atoms. The molecule has 0 aliphatic carbocycles. The largest absolute Gasteiger partial charge is 0.381 e. The van der Waals surface area contributed by atoms with E-state index in [1.54, 1.807) is 12.1 Å². The average Bonchev–Trinajstić information content (AvgIpc) is 3.09. The predicted octanol–water partition coefficient (Wildman–Crippen LogP) is 3.70. The fourth-order valence-corrected chi connectivity index (χ4v) is 4.09. The Morgan fingerprint density at radius 1 is 1.18 bits per heavy atom. The number of nitrogens with two attached hydrogens (primary N) is 1. The summed E-state index contributed by atoms with van der Waals surface area (Å²) in [6, 6.07) is 7.23. The number of carbonyl (C=O) groups excluding carboxylic acids is 1. The van der Waals surface area contributed by atoms with Gasteiger partial charge in [0.15, 0.2) is 5.65 Å². The third-order valence-electron chi connectivity index (χ3n) is 5.15. The number of carbonyl (C=O) groups is 1. The van der Waals surface area contributed by atoms with Crippen molar-refractivity contribution in [2.45, 2.75) is 25.8 Å². The van der Waals surface area contributed by atoms with Crippen molar-refractivity contribution in [1.82, 2.24) is 14.6 Å². The van der Waals surface area contributed by atoms with Crippen molar-refractivity contribution in [3.05, 3.63) is 51.9 Å². The van der Waals surface area contributed by atoms with E-state index in [1.807, 2.05) is 22.7 Å². The molecule has 146 valence electrons. The van der Waals surface area contributed by atoms with E-state index in [1.165, 1.54) is 0 Å². The van der Waals surface area contributed by atoms with Gasteiger partial charge in [0.1, 0.15) is 11.6 Å². The van der Waals surface area contributed by atoms with Crippen LogP contribution in [0.15, 0.2) is 30.5 Å². The molecule has 1 aliphatic heterocycles. The van der Waals surface area contributed by atoms with Crippen LogP contribution >= 0.6 is 23.2 Å². The summed E-state index contributed by atoms with van der Waals surface area (Å²) >= 11 is 12.4. The number of hydrogen-bond acceptors (Lipinski definition) is 5. The quantitative estimate of drug-likeness (QED) is 0.682. The maximum Gasteiger partial charge on any atom is 0.161 e. The molecule has 4 rings (SSSR count). The fourth-order valence-electron chi connectivity index (χ4n) is 3.58. The third kappa shape index (κ3) is 3.78. The van der Waals surface area contributed by atoms with Crippen molar-refractivity contribution >= 4 is 34.6 Å². The second-order valence-electron chi connectivity index (χ2n) is 6.91. The first-order valence-electron chi connectivity index (χ1n) is 9.19. The molecule has 1 aliphatic rings. The van der Waals surface area contributed by atoms with Gasteiger partial charge in [-0.25, -0.2) is 0 Å². The Labute approximate surface area is 172 Å². The third-order valence-corrected chi connectivity index (χ3v) is 5.70. The summed E-state index contributed by atoms with van der Waals surface area (Å²) in [5, 5.41) is 9.57. The standard InChI is InChI=1S/C20H20Cl2N4O2/c21-14-1-2-15(17(22)8-14)16-11-26-19(7-13(16)10-23)24-25-20(26)9-18(27)12-3-5-28-6-4-12/h1-2,7-8,11-12H,3-6,9-10,23H2. The van der Waals surface area contributed by atoms with Crippen molar-refractivity contribution in [1.29, 1.82) is 0 Å². The molecule has 0 amide bonds. The van der Waals surface area contributed by atoms with Gasteiger partial charge in [0.25, 0.3) is 0 Å². The van der Waals surface area contributed by atoms with E-state index >= 15 is 0 Å². The molecule has 3 heterocycles. The molecule has 1 fully saturated rings. The van der Waals surface area contributed by atoms with Crippen LogP contribution in [-0.4, -0.2) is 33.6 Å². The Morgan fingerprint density at radius 2 is 1.96 bits per heavy atom. The van der Waals surface area contributed by atoms with Crippen LogP contribution in [0.5, 0.6) is 0 Å². The average molecular weight is 419 g/mol. The minimum atomic E-state index is 0.0228. The number of pyridine rings is 1. The minimum Gasteiger partial charge on any atom is -0.381 e. The van der Waals surface area contributed by atoms with E-state index in [0.29, 0.717) is 41.3 Å². The van der Waals surface area contributed by atoms with E-state index in [2.05, 4.69) is 10.2 Å². The Bertz CT molecular complexity index is 1030. The van der Waals surface area contributed by atoms with Gasteiger partial charge in [0, 0.05) is 53.0 Å². The molecular weight excluding hydrogens is 399 g/mol. The summed E-state index contributed by atoms with van der Waals surface area (Å²) < 4.78 is 7.19. The van der Waals surface area contributed by atoms with Gasteiger partial charge >= 0.3 is 0 Å². The van der Waals surface area contributed by atoms with Gasteiger partial charge in [-0.2, -0.15) is 0 Å². The smallest absolute Gasteiger partial charge is 0.161 e. The van der Waals surface area contributed by atoms with Gasteiger partial charge in [0.2, 0.25) is 0 Å². The highest BCUT2D eigenvalue weighted by Crippen LogP contribution is 2.33. The normalized spacial score (nSPS) is 15.2. The first-order chi connectivity index (χ1) is 13.6. The lowest BCUT2D eigenvalue weighted by Crippen LogP contribution is -2.25. The summed E-state index contributed by atoms with van der Waals surface area (Å²) in [5.74, 6) is 0.808.